The second-order valence-electron chi connectivity index (χ2n) is 6.69. The minimum absolute atomic E-state index is 0.00522. The van der Waals surface area contributed by atoms with Crippen LogP contribution in [0, 0.1) is 12.8 Å². The van der Waals surface area contributed by atoms with Gasteiger partial charge in [0.1, 0.15) is 0 Å². The summed E-state index contributed by atoms with van der Waals surface area (Å²) in [7, 11) is 0. The molecule has 1 fully saturated rings. The lowest BCUT2D eigenvalue weighted by atomic mass is 9.90. The number of carbonyl (C=O) groups excluding carboxylic acids is 2. The summed E-state index contributed by atoms with van der Waals surface area (Å²) in [4.78, 5) is 24.1. The van der Waals surface area contributed by atoms with Crippen molar-refractivity contribution in [1.29, 1.82) is 0 Å². The fraction of sp³-hybridized carbons (Fsp3) is 0.333. The van der Waals surface area contributed by atoms with E-state index in [0.717, 1.165) is 11.3 Å². The van der Waals surface area contributed by atoms with Gasteiger partial charge in [0.05, 0.1) is 0 Å². The van der Waals surface area contributed by atoms with E-state index in [2.05, 4.69) is 17.4 Å². The third kappa shape index (κ3) is 3.91. The molecule has 0 spiro atoms. The maximum absolute atomic E-state index is 12.6. The predicted molar refractivity (Wildman–Crippen MR) is 96.3 cm³/mol. The van der Waals surface area contributed by atoms with E-state index in [1.165, 1.54) is 25.3 Å². The monoisotopic (exact) mass is 321 g/mol. The molecule has 3 nitrogen and oxygen atoms in total. The third-order valence-electron chi connectivity index (χ3n) is 4.74. The van der Waals surface area contributed by atoms with E-state index < -0.39 is 0 Å². The highest BCUT2D eigenvalue weighted by atomic mass is 16.1. The minimum atomic E-state index is 0.00522. The van der Waals surface area contributed by atoms with Gasteiger partial charge in [-0.05, 0) is 55.7 Å². The van der Waals surface area contributed by atoms with E-state index in [1.807, 2.05) is 31.2 Å². The van der Waals surface area contributed by atoms with Crippen molar-refractivity contribution in [2.24, 2.45) is 5.92 Å². The number of anilines is 1. The molecule has 2 aromatic carbocycles. The van der Waals surface area contributed by atoms with Crippen molar-refractivity contribution >= 4 is 17.4 Å². The average Bonchev–Trinajstić information content (AvgIpc) is 3.40. The van der Waals surface area contributed by atoms with E-state index in [9.17, 15) is 9.59 Å². The van der Waals surface area contributed by atoms with Gasteiger partial charge in [-0.2, -0.15) is 0 Å². The molecular weight excluding hydrogens is 298 g/mol. The van der Waals surface area contributed by atoms with Crippen LogP contribution in [0.4, 0.5) is 5.69 Å². The maximum Gasteiger partial charge on any atom is 0.225 e. The molecule has 0 aliphatic heterocycles. The van der Waals surface area contributed by atoms with Crippen LogP contribution in [0.5, 0.6) is 0 Å². The normalized spacial score (nSPS) is 14.9. The molecule has 0 heterocycles. The van der Waals surface area contributed by atoms with E-state index in [0.29, 0.717) is 17.9 Å². The van der Waals surface area contributed by atoms with Crippen molar-refractivity contribution in [2.75, 3.05) is 5.32 Å². The number of nitrogens with one attached hydrogen (secondary N) is 1. The first-order chi connectivity index (χ1) is 11.5. The first kappa shape index (κ1) is 16.4. The molecule has 1 amide bonds. The number of rotatable bonds is 6. The summed E-state index contributed by atoms with van der Waals surface area (Å²) >= 11 is 0. The maximum atomic E-state index is 12.6. The molecule has 0 radical (unpaired) electrons. The van der Waals surface area contributed by atoms with Crippen molar-refractivity contribution in [2.45, 2.75) is 39.0 Å². The summed E-state index contributed by atoms with van der Waals surface area (Å²) < 4.78 is 0. The molecule has 124 valence electrons. The van der Waals surface area contributed by atoms with E-state index >= 15 is 0 Å². The number of hydrogen-bond acceptors (Lipinski definition) is 2. The molecule has 0 saturated heterocycles. The van der Waals surface area contributed by atoms with Gasteiger partial charge in [0, 0.05) is 17.7 Å². The molecule has 2 aromatic rings. The van der Waals surface area contributed by atoms with Gasteiger partial charge in [-0.1, -0.05) is 42.5 Å². The number of carbonyl (C=O) groups is 2. The predicted octanol–water partition coefficient (Wildman–Crippen LogP) is 4.72. The molecule has 1 saturated carbocycles. The molecule has 3 heteroatoms. The number of Topliss-reactive ketones (excluding diaryl/α,β-unsaturated/α-hetero) is 1. The molecular formula is C21H23NO2. The van der Waals surface area contributed by atoms with Gasteiger partial charge in [0.2, 0.25) is 5.91 Å². The third-order valence-corrected chi connectivity index (χ3v) is 4.74. The highest BCUT2D eigenvalue weighted by Gasteiger charge is 2.33. The molecule has 1 atom stereocenters. The zero-order chi connectivity index (χ0) is 17.1. The molecule has 1 aliphatic rings. The number of ketones is 1. The number of aryl methyl sites for hydroxylation is 1. The van der Waals surface area contributed by atoms with Gasteiger partial charge < -0.3 is 5.32 Å². The lowest BCUT2D eigenvalue weighted by molar-refractivity contribution is -0.116. The SMILES string of the molecule is CC(=O)c1ccc(C)c(NC(=O)CC(c2ccccc2)C2CC2)c1. The second-order valence-corrected chi connectivity index (χ2v) is 6.69. The summed E-state index contributed by atoms with van der Waals surface area (Å²) in [5.41, 5.74) is 3.56. The van der Waals surface area contributed by atoms with Crippen LogP contribution >= 0.6 is 0 Å². The molecule has 1 aliphatic carbocycles. The van der Waals surface area contributed by atoms with Crippen LogP contribution in [0.2, 0.25) is 0 Å². The Morgan fingerprint density at radius 1 is 1.12 bits per heavy atom. The number of amides is 1. The molecule has 1 unspecified atom stereocenters. The summed E-state index contributed by atoms with van der Waals surface area (Å²) in [6, 6.07) is 15.7. The van der Waals surface area contributed by atoms with Crippen LogP contribution in [0.3, 0.4) is 0 Å². The first-order valence-electron chi connectivity index (χ1n) is 8.51. The fourth-order valence-corrected chi connectivity index (χ4v) is 3.13. The Balaban J connectivity index is 1.73. The van der Waals surface area contributed by atoms with Crippen LogP contribution in [0.25, 0.3) is 0 Å². The minimum Gasteiger partial charge on any atom is -0.326 e. The van der Waals surface area contributed by atoms with Crippen LogP contribution < -0.4 is 5.32 Å². The highest BCUT2D eigenvalue weighted by molar-refractivity contribution is 5.97. The average molecular weight is 321 g/mol. The van der Waals surface area contributed by atoms with E-state index in [-0.39, 0.29) is 17.6 Å². The standard InChI is InChI=1S/C21H23NO2/c1-14-8-9-18(15(2)23)12-20(14)22-21(24)13-19(17-10-11-17)16-6-4-3-5-7-16/h3-9,12,17,19H,10-11,13H2,1-2H3,(H,22,24). The van der Waals surface area contributed by atoms with Gasteiger partial charge >= 0.3 is 0 Å². The van der Waals surface area contributed by atoms with E-state index in [1.54, 1.807) is 12.1 Å². The van der Waals surface area contributed by atoms with Crippen molar-refractivity contribution in [3.8, 4) is 0 Å². The van der Waals surface area contributed by atoms with Crippen molar-refractivity contribution < 1.29 is 9.59 Å². The lowest BCUT2D eigenvalue weighted by Gasteiger charge is -2.17. The Morgan fingerprint density at radius 2 is 1.83 bits per heavy atom. The van der Waals surface area contributed by atoms with Crippen LogP contribution in [-0.2, 0) is 4.79 Å². The summed E-state index contributed by atoms with van der Waals surface area (Å²) in [6.45, 7) is 3.48. The molecule has 1 N–H and O–H groups in total. The van der Waals surface area contributed by atoms with Crippen LogP contribution in [0.15, 0.2) is 48.5 Å². The summed E-state index contributed by atoms with van der Waals surface area (Å²) in [6.07, 6.45) is 2.88. The smallest absolute Gasteiger partial charge is 0.225 e. The zero-order valence-electron chi connectivity index (χ0n) is 14.2. The first-order valence-corrected chi connectivity index (χ1v) is 8.51. The number of benzene rings is 2. The Hall–Kier alpha value is -2.42. The Bertz CT molecular complexity index is 748. The van der Waals surface area contributed by atoms with E-state index in [4.69, 9.17) is 0 Å². The van der Waals surface area contributed by atoms with Gasteiger partial charge in [-0.25, -0.2) is 0 Å². The van der Waals surface area contributed by atoms with Crippen molar-refractivity contribution in [1.82, 2.24) is 0 Å². The Labute approximate surface area is 143 Å². The summed E-state index contributed by atoms with van der Waals surface area (Å²) in [5.74, 6) is 0.912. The van der Waals surface area contributed by atoms with Crippen LogP contribution in [0.1, 0.15) is 53.6 Å². The lowest BCUT2D eigenvalue weighted by Crippen LogP contribution is -2.17. The fourth-order valence-electron chi connectivity index (χ4n) is 3.13. The van der Waals surface area contributed by atoms with Crippen LogP contribution in [-0.4, -0.2) is 11.7 Å². The molecule has 24 heavy (non-hydrogen) atoms. The summed E-state index contributed by atoms with van der Waals surface area (Å²) in [5, 5.41) is 3.00. The zero-order valence-corrected chi connectivity index (χ0v) is 14.2. The quantitative estimate of drug-likeness (QED) is 0.783. The second kappa shape index (κ2) is 7.00. The molecule has 3 rings (SSSR count). The van der Waals surface area contributed by atoms with Gasteiger partial charge in [-0.15, -0.1) is 0 Å². The van der Waals surface area contributed by atoms with Crippen molar-refractivity contribution in [3.05, 3.63) is 65.2 Å². The topological polar surface area (TPSA) is 46.2 Å². The Kier molecular flexibility index (Phi) is 4.79. The van der Waals surface area contributed by atoms with Crippen molar-refractivity contribution in [3.63, 3.8) is 0 Å². The number of hydrogen-bond donors (Lipinski definition) is 1. The van der Waals surface area contributed by atoms with Gasteiger partial charge in [0.25, 0.3) is 0 Å². The Morgan fingerprint density at radius 3 is 2.46 bits per heavy atom. The molecule has 0 aromatic heterocycles. The van der Waals surface area contributed by atoms with Gasteiger partial charge in [0.15, 0.2) is 5.78 Å². The largest absolute Gasteiger partial charge is 0.326 e. The molecule has 0 bridgehead atoms. The van der Waals surface area contributed by atoms with Gasteiger partial charge in [-0.3, -0.25) is 9.59 Å². The highest BCUT2D eigenvalue weighted by Crippen LogP contribution is 2.44.